The summed E-state index contributed by atoms with van der Waals surface area (Å²) in [6.07, 6.45) is 1.74. The van der Waals surface area contributed by atoms with Crippen LogP contribution in [0.5, 0.6) is 5.19 Å². The normalized spacial score (nSPS) is 20.3. The van der Waals surface area contributed by atoms with E-state index in [1.54, 1.807) is 13.3 Å². The van der Waals surface area contributed by atoms with Crippen LogP contribution in [-0.2, 0) is 9.31 Å². The maximum atomic E-state index is 5.63. The van der Waals surface area contributed by atoms with Gasteiger partial charge in [-0.2, -0.15) is 0 Å². The van der Waals surface area contributed by atoms with Crippen LogP contribution in [-0.4, -0.2) is 32.4 Å². The van der Waals surface area contributed by atoms with Crippen molar-refractivity contribution in [1.82, 2.24) is 4.98 Å². The lowest BCUT2D eigenvalue weighted by Gasteiger charge is -2.32. The average molecular weight is 227 g/mol. The van der Waals surface area contributed by atoms with Crippen LogP contribution in [0, 0.1) is 5.41 Å². The first kappa shape index (κ1) is 10.9. The van der Waals surface area contributed by atoms with Crippen molar-refractivity contribution in [2.24, 2.45) is 5.41 Å². The molecule has 0 spiro atoms. The van der Waals surface area contributed by atoms with Crippen LogP contribution in [0.3, 0.4) is 0 Å². The standard InChI is InChI=1S/C9H14BNO3S/c1-9(2)5-13-10(14-6-9)7-4-11-8(12-3)15-7/h4H,5-6H2,1-3H3. The van der Waals surface area contributed by atoms with Gasteiger partial charge in [0.2, 0.25) is 0 Å². The van der Waals surface area contributed by atoms with Crippen LogP contribution in [0.25, 0.3) is 0 Å². The zero-order valence-electron chi connectivity index (χ0n) is 9.15. The van der Waals surface area contributed by atoms with Gasteiger partial charge < -0.3 is 14.0 Å². The van der Waals surface area contributed by atoms with Crippen LogP contribution >= 0.6 is 11.3 Å². The molecule has 1 fully saturated rings. The van der Waals surface area contributed by atoms with E-state index < -0.39 is 0 Å². The van der Waals surface area contributed by atoms with E-state index in [2.05, 4.69) is 18.8 Å². The second kappa shape index (κ2) is 4.12. The minimum absolute atomic E-state index is 0.102. The Morgan fingerprint density at radius 3 is 2.67 bits per heavy atom. The Balaban J connectivity index is 2.01. The highest BCUT2D eigenvalue weighted by molar-refractivity contribution is 7.23. The summed E-state index contributed by atoms with van der Waals surface area (Å²) in [4.78, 5) is 4.08. The Morgan fingerprint density at radius 2 is 2.13 bits per heavy atom. The minimum Gasteiger partial charge on any atom is -0.473 e. The van der Waals surface area contributed by atoms with E-state index in [9.17, 15) is 0 Å². The molecule has 1 aromatic rings. The number of rotatable bonds is 2. The second-order valence-electron chi connectivity index (χ2n) is 4.35. The molecule has 2 rings (SSSR count). The second-order valence-corrected chi connectivity index (χ2v) is 5.38. The molecule has 15 heavy (non-hydrogen) atoms. The Hall–Kier alpha value is -0.585. The Morgan fingerprint density at radius 1 is 1.47 bits per heavy atom. The predicted octanol–water partition coefficient (Wildman–Crippen LogP) is 0.920. The summed E-state index contributed by atoms with van der Waals surface area (Å²) in [6.45, 7) is 5.66. The molecule has 0 unspecified atom stereocenters. The number of thiazole rings is 1. The molecule has 6 heteroatoms. The smallest absolute Gasteiger partial charge is 0.473 e. The van der Waals surface area contributed by atoms with Gasteiger partial charge in [0.05, 0.1) is 11.9 Å². The van der Waals surface area contributed by atoms with E-state index in [4.69, 9.17) is 14.0 Å². The van der Waals surface area contributed by atoms with Gasteiger partial charge in [-0.15, -0.1) is 0 Å². The number of aromatic nitrogens is 1. The molecule has 1 saturated heterocycles. The Bertz CT molecular complexity index is 332. The third-order valence-electron chi connectivity index (χ3n) is 2.16. The van der Waals surface area contributed by atoms with Gasteiger partial charge in [0.1, 0.15) is 0 Å². The van der Waals surface area contributed by atoms with Crippen LogP contribution in [0.15, 0.2) is 6.20 Å². The van der Waals surface area contributed by atoms with Crippen molar-refractivity contribution in [1.29, 1.82) is 0 Å². The number of hydrogen-bond acceptors (Lipinski definition) is 5. The van der Waals surface area contributed by atoms with Crippen LogP contribution in [0.1, 0.15) is 13.8 Å². The van der Waals surface area contributed by atoms with Crippen LogP contribution in [0.2, 0.25) is 0 Å². The first-order valence-electron chi connectivity index (χ1n) is 4.84. The van der Waals surface area contributed by atoms with Gasteiger partial charge in [-0.3, -0.25) is 0 Å². The predicted molar refractivity (Wildman–Crippen MR) is 59.7 cm³/mol. The van der Waals surface area contributed by atoms with Crippen molar-refractivity contribution in [3.05, 3.63) is 6.20 Å². The fraction of sp³-hybridized carbons (Fsp3) is 0.667. The van der Waals surface area contributed by atoms with Gasteiger partial charge in [0.25, 0.3) is 5.19 Å². The Kier molecular flexibility index (Phi) is 3.00. The van der Waals surface area contributed by atoms with Crippen molar-refractivity contribution in [3.8, 4) is 5.19 Å². The fourth-order valence-electron chi connectivity index (χ4n) is 1.33. The summed E-state index contributed by atoms with van der Waals surface area (Å²) >= 11 is 1.46. The largest absolute Gasteiger partial charge is 0.506 e. The van der Waals surface area contributed by atoms with Crippen molar-refractivity contribution in [3.63, 3.8) is 0 Å². The third kappa shape index (κ3) is 2.51. The minimum atomic E-state index is -0.278. The summed E-state index contributed by atoms with van der Waals surface area (Å²) in [7, 11) is 1.33. The van der Waals surface area contributed by atoms with Gasteiger partial charge >= 0.3 is 7.12 Å². The molecule has 1 aliphatic heterocycles. The molecule has 0 N–H and O–H groups in total. The first-order chi connectivity index (χ1) is 7.11. The van der Waals surface area contributed by atoms with Gasteiger partial charge in [-0.05, 0) is 0 Å². The quantitative estimate of drug-likeness (QED) is 0.704. The molecule has 2 heterocycles. The average Bonchev–Trinajstić information content (AvgIpc) is 2.66. The van der Waals surface area contributed by atoms with Crippen molar-refractivity contribution in [2.75, 3.05) is 20.3 Å². The van der Waals surface area contributed by atoms with Crippen molar-refractivity contribution >= 4 is 23.2 Å². The molecular weight excluding hydrogens is 213 g/mol. The topological polar surface area (TPSA) is 40.6 Å². The van der Waals surface area contributed by atoms with Crippen molar-refractivity contribution in [2.45, 2.75) is 13.8 Å². The lowest BCUT2D eigenvalue weighted by Crippen LogP contribution is -2.46. The summed E-state index contributed by atoms with van der Waals surface area (Å²) in [5.74, 6) is 0. The van der Waals surface area contributed by atoms with Crippen LogP contribution in [0.4, 0.5) is 0 Å². The van der Waals surface area contributed by atoms with E-state index in [0.717, 1.165) is 4.78 Å². The highest BCUT2D eigenvalue weighted by atomic mass is 32.1. The summed E-state index contributed by atoms with van der Waals surface area (Å²) in [5, 5.41) is 0.641. The summed E-state index contributed by atoms with van der Waals surface area (Å²) in [6, 6.07) is 0. The summed E-state index contributed by atoms with van der Waals surface area (Å²) < 4.78 is 17.2. The first-order valence-corrected chi connectivity index (χ1v) is 5.65. The van der Waals surface area contributed by atoms with Crippen molar-refractivity contribution < 1.29 is 14.0 Å². The molecule has 0 bridgehead atoms. The van der Waals surface area contributed by atoms with E-state index in [-0.39, 0.29) is 12.5 Å². The molecule has 1 aliphatic rings. The fourth-order valence-corrected chi connectivity index (χ4v) is 2.06. The molecule has 82 valence electrons. The molecule has 0 radical (unpaired) electrons. The highest BCUT2D eigenvalue weighted by Gasteiger charge is 2.34. The monoisotopic (exact) mass is 227 g/mol. The summed E-state index contributed by atoms with van der Waals surface area (Å²) in [5.41, 5.74) is 0.102. The SMILES string of the molecule is COc1ncc(B2OCC(C)(C)CO2)s1. The van der Waals surface area contributed by atoms with Gasteiger partial charge in [-0.25, -0.2) is 4.98 Å². The maximum Gasteiger partial charge on any atom is 0.506 e. The van der Waals surface area contributed by atoms with Crippen LogP contribution < -0.4 is 9.51 Å². The lowest BCUT2D eigenvalue weighted by molar-refractivity contribution is 0.0346. The number of methoxy groups -OCH3 is 1. The molecule has 0 amide bonds. The van der Waals surface area contributed by atoms with Gasteiger partial charge in [0.15, 0.2) is 0 Å². The Labute approximate surface area is 93.7 Å². The zero-order valence-corrected chi connectivity index (χ0v) is 9.97. The molecule has 4 nitrogen and oxygen atoms in total. The number of hydrogen-bond donors (Lipinski definition) is 0. The molecule has 0 aliphatic carbocycles. The molecule has 0 saturated carbocycles. The molecule has 1 aromatic heterocycles. The van der Waals surface area contributed by atoms with E-state index in [1.807, 2.05) is 0 Å². The molecule has 0 aromatic carbocycles. The number of nitrogens with zero attached hydrogens (tertiary/aromatic N) is 1. The third-order valence-corrected chi connectivity index (χ3v) is 3.14. The lowest BCUT2D eigenvalue weighted by atomic mass is 9.83. The van der Waals surface area contributed by atoms with E-state index in [0.29, 0.717) is 18.4 Å². The van der Waals surface area contributed by atoms with Gasteiger partial charge in [0, 0.05) is 24.8 Å². The van der Waals surface area contributed by atoms with E-state index in [1.165, 1.54) is 11.3 Å². The highest BCUT2D eigenvalue weighted by Crippen LogP contribution is 2.22. The van der Waals surface area contributed by atoms with E-state index >= 15 is 0 Å². The maximum absolute atomic E-state index is 5.63. The van der Waals surface area contributed by atoms with Gasteiger partial charge in [-0.1, -0.05) is 25.2 Å². The zero-order chi connectivity index (χ0) is 10.9. The molecular formula is C9H14BNO3S. The molecule has 0 atom stereocenters. The number of ether oxygens (including phenoxy) is 1.